The molecule has 0 amide bonds. The lowest BCUT2D eigenvalue weighted by molar-refractivity contribution is -0.0659. The van der Waals surface area contributed by atoms with Crippen LogP contribution in [-0.2, 0) is 9.47 Å². The highest BCUT2D eigenvalue weighted by Crippen LogP contribution is 2.24. The molecule has 1 N–H and O–H groups in total. The highest BCUT2D eigenvalue weighted by molar-refractivity contribution is 5.37. The maximum absolute atomic E-state index is 10.0. The second kappa shape index (κ2) is 8.51. The minimum Gasteiger partial charge on any atom is -0.491 e. The number of hydrogen-bond acceptors (Lipinski definition) is 4. The zero-order valence-electron chi connectivity index (χ0n) is 13.9. The van der Waals surface area contributed by atoms with Crippen molar-refractivity contribution in [1.82, 2.24) is 0 Å². The Bertz CT molecular complexity index is 452. The molecule has 1 unspecified atom stereocenters. The van der Waals surface area contributed by atoms with Gasteiger partial charge in [-0.05, 0) is 42.9 Å². The first kappa shape index (κ1) is 17.3. The SMILES string of the molecule is Cc1ccc(C(C)C)cc1OCC(O)COC1CCOCC1. The zero-order chi connectivity index (χ0) is 15.9. The lowest BCUT2D eigenvalue weighted by Crippen LogP contribution is -2.30. The van der Waals surface area contributed by atoms with Crippen LogP contribution in [-0.4, -0.2) is 43.7 Å². The van der Waals surface area contributed by atoms with Crippen molar-refractivity contribution in [1.29, 1.82) is 0 Å². The molecule has 1 heterocycles. The van der Waals surface area contributed by atoms with Crippen molar-refractivity contribution in [2.24, 2.45) is 0 Å². The standard InChI is InChI=1S/C18H28O4/c1-13(2)15-5-4-14(3)18(10-15)22-12-16(19)11-21-17-6-8-20-9-7-17/h4-5,10,13,16-17,19H,6-9,11-12H2,1-3H3. The summed E-state index contributed by atoms with van der Waals surface area (Å²) in [5.41, 5.74) is 2.33. The van der Waals surface area contributed by atoms with Crippen LogP contribution < -0.4 is 4.74 Å². The molecule has 0 spiro atoms. The molecule has 0 aromatic heterocycles. The Hall–Kier alpha value is -1.10. The second-order valence-electron chi connectivity index (χ2n) is 6.29. The van der Waals surface area contributed by atoms with E-state index in [-0.39, 0.29) is 12.7 Å². The molecule has 1 saturated heterocycles. The van der Waals surface area contributed by atoms with Gasteiger partial charge in [0.2, 0.25) is 0 Å². The highest BCUT2D eigenvalue weighted by atomic mass is 16.5. The Morgan fingerprint density at radius 1 is 1.23 bits per heavy atom. The van der Waals surface area contributed by atoms with Gasteiger partial charge in [0.25, 0.3) is 0 Å². The fraction of sp³-hybridized carbons (Fsp3) is 0.667. The normalized spacial score (nSPS) is 17.7. The number of rotatable bonds is 7. The lowest BCUT2D eigenvalue weighted by atomic mass is 10.0. The summed E-state index contributed by atoms with van der Waals surface area (Å²) in [5, 5.41) is 10.0. The van der Waals surface area contributed by atoms with Crippen molar-refractivity contribution < 1.29 is 19.3 Å². The predicted octanol–water partition coefficient (Wildman–Crippen LogP) is 3.05. The van der Waals surface area contributed by atoms with Crippen LogP contribution in [0.2, 0.25) is 0 Å². The largest absolute Gasteiger partial charge is 0.491 e. The molecule has 22 heavy (non-hydrogen) atoms. The summed E-state index contributed by atoms with van der Waals surface area (Å²) < 4.78 is 16.8. The van der Waals surface area contributed by atoms with Gasteiger partial charge in [0.15, 0.2) is 0 Å². The van der Waals surface area contributed by atoms with Crippen molar-refractivity contribution in [3.05, 3.63) is 29.3 Å². The highest BCUT2D eigenvalue weighted by Gasteiger charge is 2.16. The van der Waals surface area contributed by atoms with Crippen molar-refractivity contribution in [3.63, 3.8) is 0 Å². The van der Waals surface area contributed by atoms with Gasteiger partial charge in [0.1, 0.15) is 18.5 Å². The average molecular weight is 308 g/mol. The Balaban J connectivity index is 1.77. The van der Waals surface area contributed by atoms with Crippen LogP contribution >= 0.6 is 0 Å². The van der Waals surface area contributed by atoms with Gasteiger partial charge in [0, 0.05) is 13.2 Å². The minimum absolute atomic E-state index is 0.203. The molecule has 2 rings (SSSR count). The Morgan fingerprint density at radius 3 is 2.64 bits per heavy atom. The van der Waals surface area contributed by atoms with Crippen molar-refractivity contribution in [2.75, 3.05) is 26.4 Å². The average Bonchev–Trinajstić information content (AvgIpc) is 2.53. The van der Waals surface area contributed by atoms with Gasteiger partial charge in [-0.2, -0.15) is 0 Å². The van der Waals surface area contributed by atoms with E-state index in [1.54, 1.807) is 0 Å². The predicted molar refractivity (Wildman–Crippen MR) is 86.6 cm³/mol. The first-order valence-electron chi connectivity index (χ1n) is 8.17. The molecule has 1 aromatic rings. The van der Waals surface area contributed by atoms with E-state index in [1.807, 2.05) is 6.92 Å². The molecule has 4 heteroatoms. The van der Waals surface area contributed by atoms with E-state index in [0.717, 1.165) is 37.4 Å². The molecule has 0 radical (unpaired) electrons. The summed E-state index contributed by atoms with van der Waals surface area (Å²) in [6, 6.07) is 6.25. The third-order valence-corrected chi connectivity index (χ3v) is 4.00. The van der Waals surface area contributed by atoms with E-state index in [0.29, 0.717) is 12.5 Å². The van der Waals surface area contributed by atoms with Gasteiger partial charge in [0.05, 0.1) is 12.7 Å². The smallest absolute Gasteiger partial charge is 0.122 e. The summed E-state index contributed by atoms with van der Waals surface area (Å²) in [6.45, 7) is 8.40. The van der Waals surface area contributed by atoms with E-state index in [1.165, 1.54) is 5.56 Å². The fourth-order valence-corrected chi connectivity index (χ4v) is 2.46. The Morgan fingerprint density at radius 2 is 1.95 bits per heavy atom. The molecule has 1 atom stereocenters. The Labute approximate surface area is 133 Å². The number of hydrogen-bond donors (Lipinski definition) is 1. The van der Waals surface area contributed by atoms with Gasteiger partial charge in [-0.1, -0.05) is 26.0 Å². The monoisotopic (exact) mass is 308 g/mol. The maximum atomic E-state index is 10.0. The summed E-state index contributed by atoms with van der Waals surface area (Å²) in [5.74, 6) is 1.31. The third-order valence-electron chi connectivity index (χ3n) is 4.00. The van der Waals surface area contributed by atoms with Crippen LogP contribution in [0.4, 0.5) is 0 Å². The van der Waals surface area contributed by atoms with Crippen LogP contribution in [0, 0.1) is 6.92 Å². The fourth-order valence-electron chi connectivity index (χ4n) is 2.46. The van der Waals surface area contributed by atoms with Crippen molar-refractivity contribution in [3.8, 4) is 5.75 Å². The summed E-state index contributed by atoms with van der Waals surface area (Å²) in [4.78, 5) is 0. The number of benzene rings is 1. The molecule has 1 fully saturated rings. The summed E-state index contributed by atoms with van der Waals surface area (Å²) >= 11 is 0. The van der Waals surface area contributed by atoms with E-state index < -0.39 is 6.10 Å². The van der Waals surface area contributed by atoms with Gasteiger partial charge in [-0.3, -0.25) is 0 Å². The number of aliphatic hydroxyl groups excluding tert-OH is 1. The van der Waals surface area contributed by atoms with Gasteiger partial charge in [-0.15, -0.1) is 0 Å². The van der Waals surface area contributed by atoms with Crippen LogP contribution in [0.3, 0.4) is 0 Å². The van der Waals surface area contributed by atoms with E-state index in [2.05, 4.69) is 32.0 Å². The van der Waals surface area contributed by atoms with Gasteiger partial charge in [-0.25, -0.2) is 0 Å². The van der Waals surface area contributed by atoms with Crippen molar-refractivity contribution in [2.45, 2.75) is 51.7 Å². The maximum Gasteiger partial charge on any atom is 0.122 e. The summed E-state index contributed by atoms with van der Waals surface area (Å²) in [7, 11) is 0. The molecule has 124 valence electrons. The Kier molecular flexibility index (Phi) is 6.68. The molecule has 0 bridgehead atoms. The zero-order valence-corrected chi connectivity index (χ0v) is 13.9. The van der Waals surface area contributed by atoms with E-state index >= 15 is 0 Å². The first-order chi connectivity index (χ1) is 10.6. The first-order valence-corrected chi connectivity index (χ1v) is 8.17. The quantitative estimate of drug-likeness (QED) is 0.841. The number of ether oxygens (including phenoxy) is 3. The molecule has 0 aliphatic carbocycles. The third kappa shape index (κ3) is 5.27. The molecule has 1 aromatic carbocycles. The van der Waals surface area contributed by atoms with Crippen LogP contribution in [0.25, 0.3) is 0 Å². The van der Waals surface area contributed by atoms with E-state index in [9.17, 15) is 5.11 Å². The molecular formula is C18H28O4. The van der Waals surface area contributed by atoms with Crippen LogP contribution in [0.15, 0.2) is 18.2 Å². The molecular weight excluding hydrogens is 280 g/mol. The van der Waals surface area contributed by atoms with Gasteiger partial charge < -0.3 is 19.3 Å². The number of aryl methyl sites for hydroxylation is 1. The topological polar surface area (TPSA) is 47.9 Å². The molecule has 4 nitrogen and oxygen atoms in total. The summed E-state index contributed by atoms with van der Waals surface area (Å²) in [6.07, 6.45) is 1.41. The van der Waals surface area contributed by atoms with Crippen LogP contribution in [0.1, 0.15) is 43.7 Å². The van der Waals surface area contributed by atoms with Crippen LogP contribution in [0.5, 0.6) is 5.75 Å². The minimum atomic E-state index is -0.607. The molecule has 0 saturated carbocycles. The second-order valence-corrected chi connectivity index (χ2v) is 6.29. The lowest BCUT2D eigenvalue weighted by Gasteiger charge is -2.24. The molecule has 1 aliphatic heterocycles. The molecule has 1 aliphatic rings. The number of aliphatic hydroxyl groups is 1. The van der Waals surface area contributed by atoms with Gasteiger partial charge >= 0.3 is 0 Å². The van der Waals surface area contributed by atoms with E-state index in [4.69, 9.17) is 14.2 Å². The van der Waals surface area contributed by atoms with Crippen molar-refractivity contribution >= 4 is 0 Å².